The lowest BCUT2D eigenvalue weighted by Crippen LogP contribution is -2.29. The van der Waals surface area contributed by atoms with Gasteiger partial charge in [-0.05, 0) is 26.7 Å². The number of nitrogens with one attached hydrogen (secondary N) is 1. The van der Waals surface area contributed by atoms with Crippen molar-refractivity contribution in [1.82, 2.24) is 25.0 Å². The quantitative estimate of drug-likeness (QED) is 0.767. The lowest BCUT2D eigenvalue weighted by Gasteiger charge is -2.28. The summed E-state index contributed by atoms with van der Waals surface area (Å²) in [5.74, 6) is 1.50. The van der Waals surface area contributed by atoms with Crippen LogP contribution < -0.4 is 0 Å². The van der Waals surface area contributed by atoms with Crippen LogP contribution in [0.5, 0.6) is 0 Å². The van der Waals surface area contributed by atoms with E-state index in [2.05, 4.69) is 15.3 Å². The third-order valence-corrected chi connectivity index (χ3v) is 4.96. The van der Waals surface area contributed by atoms with Gasteiger partial charge in [-0.3, -0.25) is 5.10 Å². The van der Waals surface area contributed by atoms with E-state index in [1.807, 2.05) is 48.9 Å². The first-order chi connectivity index (χ1) is 12.1. The number of aliphatic hydroxyl groups is 1. The van der Waals surface area contributed by atoms with Crippen LogP contribution in [-0.4, -0.2) is 36.2 Å². The Kier molecular flexibility index (Phi) is 4.13. The zero-order valence-corrected chi connectivity index (χ0v) is 14.6. The molecule has 0 radical (unpaired) electrons. The Morgan fingerprint density at radius 3 is 2.64 bits per heavy atom. The van der Waals surface area contributed by atoms with E-state index in [4.69, 9.17) is 4.98 Å². The molecule has 2 aromatic heterocycles. The molecule has 0 spiro atoms. The maximum absolute atomic E-state index is 10.5. The molecule has 130 valence electrons. The summed E-state index contributed by atoms with van der Waals surface area (Å²) < 4.78 is 1.92. The second-order valence-corrected chi connectivity index (χ2v) is 6.78. The van der Waals surface area contributed by atoms with E-state index in [1.165, 1.54) is 0 Å². The first-order valence-corrected chi connectivity index (χ1v) is 8.87. The summed E-state index contributed by atoms with van der Waals surface area (Å²) in [5, 5.41) is 22.7. The zero-order valence-electron chi connectivity index (χ0n) is 14.6. The van der Waals surface area contributed by atoms with Gasteiger partial charge < -0.3 is 5.11 Å². The maximum Gasteiger partial charge on any atom is 0.162 e. The van der Waals surface area contributed by atoms with Crippen molar-refractivity contribution in [3.8, 4) is 22.6 Å². The molecule has 1 aromatic carbocycles. The summed E-state index contributed by atoms with van der Waals surface area (Å²) in [6.45, 7) is 3.90. The summed E-state index contributed by atoms with van der Waals surface area (Å²) in [6, 6.07) is 10.1. The highest BCUT2D eigenvalue weighted by molar-refractivity contribution is 5.79. The van der Waals surface area contributed by atoms with E-state index in [1.54, 1.807) is 0 Å². The van der Waals surface area contributed by atoms with Crippen LogP contribution in [0.2, 0.25) is 0 Å². The molecule has 4 rings (SSSR count). The maximum atomic E-state index is 10.5. The minimum absolute atomic E-state index is 0.0251. The first kappa shape index (κ1) is 16.0. The number of hydrogen-bond acceptors (Lipinski definition) is 4. The summed E-state index contributed by atoms with van der Waals surface area (Å²) in [6.07, 6.45) is 3.55. The predicted octanol–water partition coefficient (Wildman–Crippen LogP) is 3.43. The van der Waals surface area contributed by atoms with Crippen molar-refractivity contribution in [3.63, 3.8) is 0 Å². The molecule has 1 saturated carbocycles. The second kappa shape index (κ2) is 6.44. The fourth-order valence-electron chi connectivity index (χ4n) is 3.72. The van der Waals surface area contributed by atoms with E-state index < -0.39 is 0 Å². The van der Waals surface area contributed by atoms with Crippen molar-refractivity contribution in [3.05, 3.63) is 41.9 Å². The van der Waals surface area contributed by atoms with Gasteiger partial charge in [0.15, 0.2) is 5.82 Å². The fraction of sp³-hybridized carbons (Fsp3) is 0.421. The van der Waals surface area contributed by atoms with Crippen molar-refractivity contribution in [2.45, 2.75) is 51.7 Å². The Morgan fingerprint density at radius 2 is 1.88 bits per heavy atom. The van der Waals surface area contributed by atoms with Crippen LogP contribution in [0.15, 0.2) is 30.3 Å². The lowest BCUT2D eigenvalue weighted by atomic mass is 9.92. The number of rotatable bonds is 3. The Bertz CT molecular complexity index is 867. The number of benzene rings is 1. The molecular weight excluding hydrogens is 314 g/mol. The Balaban J connectivity index is 1.85. The standard InChI is InChI=1S/C19H23N5O/c1-12-17(18(22-21-12)14-8-4-3-5-9-14)19-20-13(2)23-24(19)15-10-6-7-11-16(15)25/h3-5,8-9,15-16,25H,6-7,10-11H2,1-2H3,(H,21,22)/t15-,16-/m1/s1. The molecule has 0 aliphatic heterocycles. The van der Waals surface area contributed by atoms with Gasteiger partial charge in [0.25, 0.3) is 0 Å². The number of nitrogens with zero attached hydrogens (tertiary/aromatic N) is 4. The van der Waals surface area contributed by atoms with Gasteiger partial charge in [0.05, 0.1) is 17.7 Å². The van der Waals surface area contributed by atoms with Crippen LogP contribution in [0.25, 0.3) is 22.6 Å². The molecule has 1 aliphatic rings. The number of H-pyrrole nitrogens is 1. The van der Waals surface area contributed by atoms with Gasteiger partial charge in [-0.25, -0.2) is 9.67 Å². The van der Waals surface area contributed by atoms with E-state index in [9.17, 15) is 5.11 Å². The second-order valence-electron chi connectivity index (χ2n) is 6.78. The molecule has 1 aliphatic carbocycles. The van der Waals surface area contributed by atoms with Crippen LogP contribution in [0.3, 0.4) is 0 Å². The largest absolute Gasteiger partial charge is 0.391 e. The highest BCUT2D eigenvalue weighted by Crippen LogP contribution is 2.36. The lowest BCUT2D eigenvalue weighted by molar-refractivity contribution is 0.0700. The fourth-order valence-corrected chi connectivity index (χ4v) is 3.72. The van der Waals surface area contributed by atoms with Crippen molar-refractivity contribution in [1.29, 1.82) is 0 Å². The van der Waals surface area contributed by atoms with Crippen molar-refractivity contribution >= 4 is 0 Å². The van der Waals surface area contributed by atoms with Crippen LogP contribution in [0.4, 0.5) is 0 Å². The van der Waals surface area contributed by atoms with Gasteiger partial charge in [-0.15, -0.1) is 0 Å². The van der Waals surface area contributed by atoms with Gasteiger partial charge in [0.2, 0.25) is 0 Å². The minimum atomic E-state index is -0.374. The highest BCUT2D eigenvalue weighted by atomic mass is 16.3. The number of aliphatic hydroxyl groups excluding tert-OH is 1. The molecule has 2 atom stereocenters. The molecule has 2 heterocycles. The van der Waals surface area contributed by atoms with Gasteiger partial charge in [0, 0.05) is 11.3 Å². The SMILES string of the molecule is Cc1nc(-c2c(-c3ccccc3)n[nH]c2C)n([C@@H]2CCCC[C@H]2O)n1. The van der Waals surface area contributed by atoms with Crippen molar-refractivity contribution in [2.24, 2.45) is 0 Å². The average Bonchev–Trinajstić information content (AvgIpc) is 3.18. The molecule has 25 heavy (non-hydrogen) atoms. The van der Waals surface area contributed by atoms with Gasteiger partial charge in [-0.2, -0.15) is 10.2 Å². The molecule has 1 fully saturated rings. The zero-order chi connectivity index (χ0) is 17.4. The van der Waals surface area contributed by atoms with Gasteiger partial charge in [-0.1, -0.05) is 43.2 Å². The number of hydrogen-bond donors (Lipinski definition) is 2. The van der Waals surface area contributed by atoms with E-state index in [0.717, 1.165) is 54.0 Å². The molecule has 6 heteroatoms. The smallest absolute Gasteiger partial charge is 0.162 e. The van der Waals surface area contributed by atoms with E-state index in [0.29, 0.717) is 5.82 Å². The topological polar surface area (TPSA) is 79.6 Å². The predicted molar refractivity (Wildman–Crippen MR) is 96.0 cm³/mol. The third kappa shape index (κ3) is 2.87. The number of aromatic nitrogens is 5. The summed E-state index contributed by atoms with van der Waals surface area (Å²) >= 11 is 0. The van der Waals surface area contributed by atoms with E-state index >= 15 is 0 Å². The normalized spacial score (nSPS) is 20.8. The summed E-state index contributed by atoms with van der Waals surface area (Å²) in [4.78, 5) is 4.69. The molecular formula is C19H23N5O. The summed E-state index contributed by atoms with van der Waals surface area (Å²) in [5.41, 5.74) is 3.83. The molecule has 2 N–H and O–H groups in total. The molecule has 0 saturated heterocycles. The molecule has 3 aromatic rings. The first-order valence-electron chi connectivity index (χ1n) is 8.87. The Labute approximate surface area is 146 Å². The van der Waals surface area contributed by atoms with Crippen LogP contribution >= 0.6 is 0 Å². The molecule has 0 unspecified atom stereocenters. The number of aryl methyl sites for hydroxylation is 2. The van der Waals surface area contributed by atoms with Crippen molar-refractivity contribution < 1.29 is 5.11 Å². The molecule has 0 bridgehead atoms. The monoisotopic (exact) mass is 337 g/mol. The Morgan fingerprint density at radius 1 is 1.12 bits per heavy atom. The van der Waals surface area contributed by atoms with Gasteiger partial charge >= 0.3 is 0 Å². The molecule has 6 nitrogen and oxygen atoms in total. The highest BCUT2D eigenvalue weighted by Gasteiger charge is 2.30. The third-order valence-electron chi connectivity index (χ3n) is 4.96. The Hall–Kier alpha value is -2.47. The average molecular weight is 337 g/mol. The van der Waals surface area contributed by atoms with Crippen LogP contribution in [0.1, 0.15) is 43.2 Å². The van der Waals surface area contributed by atoms with Crippen LogP contribution in [-0.2, 0) is 0 Å². The molecule has 0 amide bonds. The number of aromatic amines is 1. The van der Waals surface area contributed by atoms with Crippen LogP contribution in [0, 0.1) is 13.8 Å². The summed E-state index contributed by atoms with van der Waals surface area (Å²) in [7, 11) is 0. The van der Waals surface area contributed by atoms with E-state index in [-0.39, 0.29) is 12.1 Å². The minimum Gasteiger partial charge on any atom is -0.391 e. The van der Waals surface area contributed by atoms with Gasteiger partial charge in [0.1, 0.15) is 11.5 Å². The van der Waals surface area contributed by atoms with Crippen molar-refractivity contribution in [2.75, 3.05) is 0 Å².